The number of aliphatic hydroxyl groups is 1. The lowest BCUT2D eigenvalue weighted by molar-refractivity contribution is -0.175. The number of carbonyl (C=O) groups is 4. The molecule has 0 spiro atoms. The summed E-state index contributed by atoms with van der Waals surface area (Å²) in [6, 6.07) is 6.56. The van der Waals surface area contributed by atoms with Crippen molar-refractivity contribution in [3.05, 3.63) is 35.4 Å². The normalized spacial score (nSPS) is 22.8. The fourth-order valence-electron chi connectivity index (χ4n) is 3.23. The standard InChI is InChI=1S/C17H16O7/c1-16(6-12(18)23-13(19)7-16)10-2-4-11(5-3-10)17(22)8-14(20)24-15(21)9-17/h2-5,22H,6-9H2,1H3. The van der Waals surface area contributed by atoms with Crippen LogP contribution in [0.1, 0.15) is 43.7 Å². The van der Waals surface area contributed by atoms with Crippen molar-refractivity contribution in [3.8, 4) is 0 Å². The van der Waals surface area contributed by atoms with Gasteiger partial charge in [-0.15, -0.1) is 0 Å². The monoisotopic (exact) mass is 332 g/mol. The van der Waals surface area contributed by atoms with Crippen LogP contribution >= 0.6 is 0 Å². The maximum absolute atomic E-state index is 11.5. The van der Waals surface area contributed by atoms with E-state index >= 15 is 0 Å². The van der Waals surface area contributed by atoms with Crippen LogP contribution in [0.15, 0.2) is 24.3 Å². The zero-order valence-electron chi connectivity index (χ0n) is 13.0. The number of carbonyl (C=O) groups excluding carboxylic acids is 4. The maximum atomic E-state index is 11.5. The van der Waals surface area contributed by atoms with Crippen molar-refractivity contribution in [2.24, 2.45) is 0 Å². The molecule has 2 aliphatic heterocycles. The molecule has 0 saturated carbocycles. The molecule has 2 heterocycles. The van der Waals surface area contributed by atoms with Gasteiger partial charge in [0.25, 0.3) is 0 Å². The fraction of sp³-hybridized carbons (Fsp3) is 0.412. The van der Waals surface area contributed by atoms with Gasteiger partial charge in [0.15, 0.2) is 0 Å². The highest BCUT2D eigenvalue weighted by Gasteiger charge is 2.42. The van der Waals surface area contributed by atoms with Gasteiger partial charge in [-0.2, -0.15) is 0 Å². The molecule has 0 bridgehead atoms. The number of hydrogen-bond acceptors (Lipinski definition) is 7. The Morgan fingerprint density at radius 3 is 1.58 bits per heavy atom. The molecule has 1 aromatic carbocycles. The molecular formula is C17H16O7. The first kappa shape index (κ1) is 16.3. The van der Waals surface area contributed by atoms with E-state index in [0.717, 1.165) is 5.56 Å². The van der Waals surface area contributed by atoms with E-state index in [1.54, 1.807) is 31.2 Å². The highest BCUT2D eigenvalue weighted by atomic mass is 16.6. The summed E-state index contributed by atoms with van der Waals surface area (Å²) in [5, 5.41) is 10.6. The van der Waals surface area contributed by atoms with Gasteiger partial charge < -0.3 is 14.6 Å². The van der Waals surface area contributed by atoms with E-state index in [1.165, 1.54) is 0 Å². The Labute approximate surface area is 137 Å². The molecular weight excluding hydrogens is 316 g/mol. The molecule has 24 heavy (non-hydrogen) atoms. The van der Waals surface area contributed by atoms with Crippen molar-refractivity contribution in [1.29, 1.82) is 0 Å². The lowest BCUT2D eigenvalue weighted by atomic mass is 9.74. The Kier molecular flexibility index (Phi) is 3.76. The molecule has 2 fully saturated rings. The van der Waals surface area contributed by atoms with E-state index in [2.05, 4.69) is 9.47 Å². The van der Waals surface area contributed by atoms with Gasteiger partial charge in [0.05, 0.1) is 25.7 Å². The number of rotatable bonds is 2. The summed E-state index contributed by atoms with van der Waals surface area (Å²) in [5.74, 6) is -2.69. The van der Waals surface area contributed by atoms with Crippen LogP contribution in [-0.4, -0.2) is 29.0 Å². The Morgan fingerprint density at radius 2 is 1.12 bits per heavy atom. The Morgan fingerprint density at radius 1 is 0.750 bits per heavy atom. The SMILES string of the molecule is CC1(c2ccc(C3(O)CC(=O)OC(=O)C3)cc2)CC(=O)OC(=O)C1. The number of benzene rings is 1. The third kappa shape index (κ3) is 2.94. The molecule has 126 valence electrons. The summed E-state index contributed by atoms with van der Waals surface area (Å²) >= 11 is 0. The number of hydrogen-bond donors (Lipinski definition) is 1. The van der Waals surface area contributed by atoms with Crippen LogP contribution in [0.2, 0.25) is 0 Å². The molecule has 0 aliphatic carbocycles. The molecule has 3 rings (SSSR count). The average Bonchev–Trinajstić information content (AvgIpc) is 2.44. The quantitative estimate of drug-likeness (QED) is 0.632. The third-order valence-electron chi connectivity index (χ3n) is 4.52. The van der Waals surface area contributed by atoms with Gasteiger partial charge in [-0.05, 0) is 11.1 Å². The van der Waals surface area contributed by atoms with Crippen LogP contribution in [-0.2, 0) is 39.7 Å². The van der Waals surface area contributed by atoms with E-state index in [-0.39, 0.29) is 25.7 Å². The number of ether oxygens (including phenoxy) is 2. The van der Waals surface area contributed by atoms with Crippen molar-refractivity contribution in [2.45, 2.75) is 43.6 Å². The zero-order valence-corrected chi connectivity index (χ0v) is 13.0. The van der Waals surface area contributed by atoms with E-state index in [0.29, 0.717) is 5.56 Å². The topological polar surface area (TPSA) is 107 Å². The summed E-state index contributed by atoms with van der Waals surface area (Å²) in [7, 11) is 0. The Hall–Kier alpha value is -2.54. The van der Waals surface area contributed by atoms with Crippen molar-refractivity contribution in [3.63, 3.8) is 0 Å². The predicted molar refractivity (Wildman–Crippen MR) is 78.4 cm³/mol. The number of esters is 4. The van der Waals surface area contributed by atoms with Crippen molar-refractivity contribution < 1.29 is 33.8 Å². The minimum Gasteiger partial charge on any atom is -0.393 e. The smallest absolute Gasteiger partial charge is 0.316 e. The summed E-state index contributed by atoms with van der Waals surface area (Å²) in [4.78, 5) is 45.9. The lowest BCUT2D eigenvalue weighted by Crippen LogP contribution is -2.39. The molecule has 7 nitrogen and oxygen atoms in total. The summed E-state index contributed by atoms with van der Waals surface area (Å²) in [5.41, 5.74) is -1.14. The average molecular weight is 332 g/mol. The van der Waals surface area contributed by atoms with Crippen LogP contribution in [0, 0.1) is 0 Å². The molecule has 0 radical (unpaired) electrons. The van der Waals surface area contributed by atoms with E-state index in [9.17, 15) is 24.3 Å². The van der Waals surface area contributed by atoms with Crippen LogP contribution < -0.4 is 0 Å². The summed E-state index contributed by atoms with van der Waals surface area (Å²) < 4.78 is 8.99. The van der Waals surface area contributed by atoms with Crippen LogP contribution in [0.25, 0.3) is 0 Å². The van der Waals surface area contributed by atoms with E-state index in [1.807, 2.05) is 0 Å². The molecule has 1 N–H and O–H groups in total. The molecule has 2 aliphatic rings. The lowest BCUT2D eigenvalue weighted by Gasteiger charge is -2.33. The minimum absolute atomic E-state index is 0.0766. The molecule has 0 aromatic heterocycles. The van der Waals surface area contributed by atoms with Gasteiger partial charge in [0, 0.05) is 5.41 Å². The van der Waals surface area contributed by atoms with Gasteiger partial charge in [0.2, 0.25) is 0 Å². The van der Waals surface area contributed by atoms with E-state index < -0.39 is 34.9 Å². The fourth-order valence-corrected chi connectivity index (χ4v) is 3.23. The molecule has 1 aromatic rings. The van der Waals surface area contributed by atoms with Gasteiger partial charge in [-0.25, -0.2) is 0 Å². The van der Waals surface area contributed by atoms with Gasteiger partial charge >= 0.3 is 23.9 Å². The second-order valence-electron chi connectivity index (χ2n) is 6.57. The predicted octanol–water partition coefficient (Wildman–Crippen LogP) is 0.859. The third-order valence-corrected chi connectivity index (χ3v) is 4.52. The van der Waals surface area contributed by atoms with E-state index in [4.69, 9.17) is 0 Å². The van der Waals surface area contributed by atoms with Crippen molar-refractivity contribution in [2.75, 3.05) is 0 Å². The van der Waals surface area contributed by atoms with Gasteiger partial charge in [0.1, 0.15) is 5.60 Å². The highest BCUT2D eigenvalue weighted by Crippen LogP contribution is 2.38. The summed E-state index contributed by atoms with van der Waals surface area (Å²) in [6.45, 7) is 1.79. The Bertz CT molecular complexity index is 637. The number of cyclic esters (lactones) is 4. The van der Waals surface area contributed by atoms with Gasteiger partial charge in [-0.3, -0.25) is 19.2 Å². The van der Waals surface area contributed by atoms with Crippen LogP contribution in [0.5, 0.6) is 0 Å². The second-order valence-corrected chi connectivity index (χ2v) is 6.57. The first-order valence-corrected chi connectivity index (χ1v) is 7.51. The zero-order chi connectivity index (χ0) is 17.5. The van der Waals surface area contributed by atoms with Crippen molar-refractivity contribution >= 4 is 23.9 Å². The molecule has 0 unspecified atom stereocenters. The Balaban J connectivity index is 1.88. The van der Waals surface area contributed by atoms with Crippen LogP contribution in [0.4, 0.5) is 0 Å². The van der Waals surface area contributed by atoms with Crippen molar-refractivity contribution in [1.82, 2.24) is 0 Å². The minimum atomic E-state index is -1.60. The van der Waals surface area contributed by atoms with Crippen LogP contribution in [0.3, 0.4) is 0 Å². The molecule has 2 saturated heterocycles. The first-order valence-electron chi connectivity index (χ1n) is 7.51. The highest BCUT2D eigenvalue weighted by molar-refractivity contribution is 5.91. The molecule has 0 atom stereocenters. The second kappa shape index (κ2) is 5.52. The maximum Gasteiger partial charge on any atom is 0.316 e. The van der Waals surface area contributed by atoms with Gasteiger partial charge in [-0.1, -0.05) is 31.2 Å². The molecule has 0 amide bonds. The first-order chi connectivity index (χ1) is 11.2. The largest absolute Gasteiger partial charge is 0.393 e. The molecule has 7 heteroatoms. The summed E-state index contributed by atoms with van der Waals surface area (Å²) in [6.07, 6.45) is -0.458.